The number of rotatable bonds is 12. The first-order chi connectivity index (χ1) is 20.1. The van der Waals surface area contributed by atoms with Crippen LogP contribution in [-0.4, -0.2) is 61.2 Å². The second-order valence-corrected chi connectivity index (χ2v) is 11.1. The Morgan fingerprint density at radius 2 is 1.67 bits per heavy atom. The van der Waals surface area contributed by atoms with E-state index in [-0.39, 0.29) is 23.7 Å². The molecular weight excluding hydrogens is 562 g/mol. The number of hydrogen-bond donors (Lipinski definition) is 0. The predicted octanol–water partition coefficient (Wildman–Crippen LogP) is 7.76. The SMILES string of the molecule is C/C(=C\c1ccc(F)cc1F)CN(CC1CCCN1CC1CCCCC1)C(=O)c1ccc(OC(F)F)c(OC(F)F)c1. The Bertz CT molecular complexity index is 1240. The van der Waals surface area contributed by atoms with Crippen LogP contribution in [0.25, 0.3) is 6.08 Å². The summed E-state index contributed by atoms with van der Waals surface area (Å²) < 4.78 is 88.2. The summed E-state index contributed by atoms with van der Waals surface area (Å²) >= 11 is 0. The third kappa shape index (κ3) is 8.89. The van der Waals surface area contributed by atoms with Crippen LogP contribution in [-0.2, 0) is 0 Å². The van der Waals surface area contributed by atoms with E-state index >= 15 is 0 Å². The van der Waals surface area contributed by atoms with Crippen molar-refractivity contribution in [2.75, 3.05) is 26.2 Å². The summed E-state index contributed by atoms with van der Waals surface area (Å²) in [4.78, 5) is 17.8. The van der Waals surface area contributed by atoms with Gasteiger partial charge in [-0.25, -0.2) is 8.78 Å². The van der Waals surface area contributed by atoms with Crippen molar-refractivity contribution in [3.8, 4) is 11.5 Å². The molecule has 42 heavy (non-hydrogen) atoms. The highest BCUT2D eigenvalue weighted by Gasteiger charge is 2.31. The zero-order valence-corrected chi connectivity index (χ0v) is 23.5. The maximum absolute atomic E-state index is 14.3. The van der Waals surface area contributed by atoms with Gasteiger partial charge in [0, 0.05) is 42.9 Å². The Hall–Kier alpha value is -3.21. The Morgan fingerprint density at radius 1 is 0.952 bits per heavy atom. The number of amides is 1. The van der Waals surface area contributed by atoms with Crippen LogP contribution in [0.1, 0.15) is 67.8 Å². The van der Waals surface area contributed by atoms with Gasteiger partial charge in [-0.1, -0.05) is 30.9 Å². The Morgan fingerprint density at radius 3 is 2.36 bits per heavy atom. The van der Waals surface area contributed by atoms with E-state index in [1.807, 2.05) is 0 Å². The van der Waals surface area contributed by atoms with Crippen LogP contribution >= 0.6 is 0 Å². The monoisotopic (exact) mass is 598 g/mol. The highest BCUT2D eigenvalue weighted by Crippen LogP contribution is 2.33. The molecule has 0 bridgehead atoms. The zero-order chi connectivity index (χ0) is 30.2. The minimum Gasteiger partial charge on any atom is -0.431 e. The molecule has 230 valence electrons. The molecule has 1 saturated carbocycles. The summed E-state index contributed by atoms with van der Waals surface area (Å²) in [6, 6.07) is 6.46. The number of halogens is 6. The second kappa shape index (κ2) is 14.8. The van der Waals surface area contributed by atoms with E-state index in [4.69, 9.17) is 0 Å². The average Bonchev–Trinajstić information content (AvgIpc) is 3.36. The van der Waals surface area contributed by atoms with Crippen molar-refractivity contribution in [1.82, 2.24) is 9.80 Å². The summed E-state index contributed by atoms with van der Waals surface area (Å²) in [6.45, 7) is -2.65. The zero-order valence-electron chi connectivity index (χ0n) is 23.5. The first-order valence-electron chi connectivity index (χ1n) is 14.3. The molecule has 4 rings (SSSR count). The van der Waals surface area contributed by atoms with Gasteiger partial charge in [0.25, 0.3) is 5.91 Å². The standard InChI is InChI=1S/C31H36F6N2O3/c1-20(14-22-9-11-24(32)16-26(22)33)17-39(19-25-8-5-13-38(25)18-21-6-3-2-4-7-21)29(40)23-10-12-27(41-30(34)35)28(15-23)42-31(36)37/h9-12,14-16,21,25,30-31H,2-8,13,17-19H2,1H3/b20-14+. The minimum atomic E-state index is -3.32. The maximum atomic E-state index is 14.3. The van der Waals surface area contributed by atoms with Gasteiger partial charge in [-0.15, -0.1) is 0 Å². The van der Waals surface area contributed by atoms with Gasteiger partial charge < -0.3 is 14.4 Å². The highest BCUT2D eigenvalue weighted by molar-refractivity contribution is 5.95. The molecule has 0 aromatic heterocycles. The largest absolute Gasteiger partial charge is 0.431 e. The third-order valence-corrected chi connectivity index (χ3v) is 7.86. The molecule has 0 N–H and O–H groups in total. The lowest BCUT2D eigenvalue weighted by Gasteiger charge is -2.34. The summed E-state index contributed by atoms with van der Waals surface area (Å²) in [5, 5.41) is 0. The first-order valence-corrected chi connectivity index (χ1v) is 14.3. The molecule has 2 aromatic rings. The normalized spacial score (nSPS) is 18.6. The summed E-state index contributed by atoms with van der Waals surface area (Å²) in [7, 11) is 0. The van der Waals surface area contributed by atoms with Gasteiger partial charge >= 0.3 is 13.2 Å². The van der Waals surface area contributed by atoms with Gasteiger partial charge in [-0.2, -0.15) is 17.6 Å². The van der Waals surface area contributed by atoms with Crippen LogP contribution < -0.4 is 9.47 Å². The number of ether oxygens (including phenoxy) is 2. The highest BCUT2D eigenvalue weighted by atomic mass is 19.3. The predicted molar refractivity (Wildman–Crippen MR) is 147 cm³/mol. The van der Waals surface area contributed by atoms with Gasteiger partial charge in [0.05, 0.1) is 0 Å². The van der Waals surface area contributed by atoms with Crippen molar-refractivity contribution >= 4 is 12.0 Å². The summed E-state index contributed by atoms with van der Waals surface area (Å²) in [5.74, 6) is -2.69. The van der Waals surface area contributed by atoms with Crippen molar-refractivity contribution in [1.29, 1.82) is 0 Å². The van der Waals surface area contributed by atoms with Crippen LogP contribution in [0.15, 0.2) is 42.0 Å². The summed E-state index contributed by atoms with van der Waals surface area (Å²) in [5.41, 5.74) is 0.708. The second-order valence-electron chi connectivity index (χ2n) is 11.1. The molecule has 5 nitrogen and oxygen atoms in total. The van der Waals surface area contributed by atoms with Crippen LogP contribution in [0, 0.1) is 17.6 Å². The number of nitrogens with zero attached hydrogens (tertiary/aromatic N) is 2. The number of hydrogen-bond acceptors (Lipinski definition) is 4. The third-order valence-electron chi connectivity index (χ3n) is 7.86. The Labute approximate surface area is 242 Å². The first kappa shape index (κ1) is 31.7. The van der Waals surface area contributed by atoms with Crippen molar-refractivity contribution < 1.29 is 40.6 Å². The molecule has 11 heteroatoms. The number of carbonyl (C=O) groups excluding carboxylic acids is 1. The van der Waals surface area contributed by atoms with Crippen LogP contribution in [0.2, 0.25) is 0 Å². The lowest BCUT2D eigenvalue weighted by molar-refractivity contribution is -0.0692. The molecule has 1 aliphatic carbocycles. The average molecular weight is 599 g/mol. The minimum absolute atomic E-state index is 0.0511. The van der Waals surface area contributed by atoms with Gasteiger partial charge in [-0.3, -0.25) is 9.69 Å². The van der Waals surface area contributed by atoms with E-state index in [9.17, 15) is 31.1 Å². The van der Waals surface area contributed by atoms with Crippen molar-refractivity contribution in [2.24, 2.45) is 5.92 Å². The van der Waals surface area contributed by atoms with Crippen molar-refractivity contribution in [3.63, 3.8) is 0 Å². The number of likely N-dealkylation sites (tertiary alicyclic amines) is 1. The molecule has 0 spiro atoms. The molecule has 2 aliphatic rings. The Balaban J connectivity index is 1.60. The van der Waals surface area contributed by atoms with Gasteiger partial charge in [0.2, 0.25) is 0 Å². The molecule has 1 amide bonds. The molecule has 1 unspecified atom stereocenters. The van der Waals surface area contributed by atoms with Crippen LogP contribution in [0.5, 0.6) is 11.5 Å². The Kier molecular flexibility index (Phi) is 11.2. The molecule has 1 saturated heterocycles. The van der Waals surface area contributed by atoms with Crippen molar-refractivity contribution in [2.45, 2.75) is 71.1 Å². The van der Waals surface area contributed by atoms with Crippen LogP contribution in [0.3, 0.4) is 0 Å². The van der Waals surface area contributed by atoms with Gasteiger partial charge in [0.15, 0.2) is 11.5 Å². The molecule has 0 radical (unpaired) electrons. The summed E-state index contributed by atoms with van der Waals surface area (Å²) in [6.07, 6.45) is 9.40. The molecule has 1 heterocycles. The molecular formula is C31H36F6N2O3. The molecule has 1 aliphatic heterocycles. The maximum Gasteiger partial charge on any atom is 0.387 e. The fourth-order valence-corrected chi connectivity index (χ4v) is 5.95. The van der Waals surface area contributed by atoms with Crippen LogP contribution in [0.4, 0.5) is 26.3 Å². The van der Waals surface area contributed by atoms with E-state index in [0.29, 0.717) is 18.0 Å². The van der Waals surface area contributed by atoms with Gasteiger partial charge in [0.1, 0.15) is 11.6 Å². The molecule has 1 atom stereocenters. The van der Waals surface area contributed by atoms with E-state index in [2.05, 4.69) is 14.4 Å². The molecule has 2 aromatic carbocycles. The number of carbonyl (C=O) groups is 1. The fraction of sp³-hybridized carbons (Fsp3) is 0.516. The molecule has 2 fully saturated rings. The van der Waals surface area contributed by atoms with E-state index < -0.39 is 42.3 Å². The van der Waals surface area contributed by atoms with Crippen molar-refractivity contribution in [3.05, 3.63) is 64.7 Å². The lowest BCUT2D eigenvalue weighted by atomic mass is 9.89. The number of alkyl halides is 4. The van der Waals surface area contributed by atoms with E-state index in [1.54, 1.807) is 11.8 Å². The van der Waals surface area contributed by atoms with Gasteiger partial charge in [-0.05, 0) is 75.4 Å². The topological polar surface area (TPSA) is 42.0 Å². The fourth-order valence-electron chi connectivity index (χ4n) is 5.95. The van der Waals surface area contributed by atoms with E-state index in [1.165, 1.54) is 50.3 Å². The number of benzene rings is 2. The lowest BCUT2D eigenvalue weighted by Crippen LogP contribution is -2.45. The van der Waals surface area contributed by atoms with E-state index in [0.717, 1.165) is 50.2 Å². The quantitative estimate of drug-likeness (QED) is 0.234. The smallest absolute Gasteiger partial charge is 0.387 e.